The van der Waals surface area contributed by atoms with E-state index in [1.54, 1.807) is 45.0 Å². The first-order valence-corrected chi connectivity index (χ1v) is 19.1. The number of amides is 4. The SMILES string of the molecule is CCNC(=O)C(=O)[C@H](Cc1ccc(Cl)cc1)NC(=O)[C@@H](NC(=O)[C@H](Cc1ccccc1)NC(=O)CCCCC1CCS[S+]1[O-])C(C)C. The van der Waals surface area contributed by atoms with Crippen molar-refractivity contribution in [2.24, 2.45) is 5.92 Å². The van der Waals surface area contributed by atoms with Crippen LogP contribution < -0.4 is 21.3 Å². The lowest BCUT2D eigenvalue weighted by Crippen LogP contribution is -2.59. The average Bonchev–Trinajstić information content (AvgIpc) is 3.46. The zero-order valence-electron chi connectivity index (χ0n) is 27.1. The zero-order valence-corrected chi connectivity index (χ0v) is 29.5. The Bertz CT molecular complexity index is 1350. The van der Waals surface area contributed by atoms with Gasteiger partial charge in [-0.1, -0.05) is 67.9 Å². The van der Waals surface area contributed by atoms with Gasteiger partial charge in [-0.2, -0.15) is 0 Å². The lowest BCUT2D eigenvalue weighted by molar-refractivity contribution is -0.140. The molecule has 2 unspecified atom stereocenters. The van der Waals surface area contributed by atoms with Gasteiger partial charge in [0, 0.05) is 53.2 Å². The number of rotatable bonds is 18. The number of halogens is 1. The van der Waals surface area contributed by atoms with Gasteiger partial charge in [-0.05, 0) is 55.4 Å². The van der Waals surface area contributed by atoms with Gasteiger partial charge in [-0.3, -0.25) is 24.0 Å². The molecule has 4 amide bonds. The Labute approximate surface area is 288 Å². The number of hydrogen-bond donors (Lipinski definition) is 4. The van der Waals surface area contributed by atoms with Crippen molar-refractivity contribution in [1.29, 1.82) is 0 Å². The third-order valence-electron chi connectivity index (χ3n) is 7.82. The van der Waals surface area contributed by atoms with Crippen LogP contribution in [0.15, 0.2) is 54.6 Å². The summed E-state index contributed by atoms with van der Waals surface area (Å²) >= 11 is 6.00. The van der Waals surface area contributed by atoms with Gasteiger partial charge in [-0.15, -0.1) is 0 Å². The van der Waals surface area contributed by atoms with E-state index in [4.69, 9.17) is 11.6 Å². The van der Waals surface area contributed by atoms with E-state index in [0.29, 0.717) is 17.0 Å². The molecule has 0 saturated carbocycles. The Morgan fingerprint density at radius 1 is 0.894 bits per heavy atom. The molecule has 0 radical (unpaired) electrons. The maximum absolute atomic E-state index is 13.7. The molecule has 1 aliphatic heterocycles. The highest BCUT2D eigenvalue weighted by Crippen LogP contribution is 2.33. The first kappa shape index (κ1) is 38.4. The summed E-state index contributed by atoms with van der Waals surface area (Å²) in [5.74, 6) is -2.58. The predicted octanol–water partition coefficient (Wildman–Crippen LogP) is 3.67. The van der Waals surface area contributed by atoms with Crippen molar-refractivity contribution in [3.8, 4) is 0 Å². The van der Waals surface area contributed by atoms with Crippen LogP contribution in [0.3, 0.4) is 0 Å². The van der Waals surface area contributed by atoms with Crippen LogP contribution in [-0.4, -0.2) is 69.6 Å². The Kier molecular flexibility index (Phi) is 16.1. The fourth-order valence-electron chi connectivity index (χ4n) is 5.20. The van der Waals surface area contributed by atoms with E-state index in [-0.39, 0.29) is 42.9 Å². The number of likely N-dealkylation sites (N-methyl/N-ethyl adjacent to an activating group) is 1. The fourth-order valence-corrected chi connectivity index (χ4v) is 8.82. The third-order valence-corrected chi connectivity index (χ3v) is 11.7. The second kappa shape index (κ2) is 19.7. The highest BCUT2D eigenvalue weighted by Gasteiger charge is 2.34. The molecule has 0 aromatic heterocycles. The molecular weight excluding hydrogens is 660 g/mol. The molecule has 13 heteroatoms. The van der Waals surface area contributed by atoms with Gasteiger partial charge < -0.3 is 25.8 Å². The zero-order chi connectivity index (χ0) is 34.3. The summed E-state index contributed by atoms with van der Waals surface area (Å²) in [6.45, 7) is 5.44. The van der Waals surface area contributed by atoms with Crippen molar-refractivity contribution < 1.29 is 28.5 Å². The summed E-state index contributed by atoms with van der Waals surface area (Å²) in [5.41, 5.74) is 1.51. The van der Waals surface area contributed by atoms with E-state index in [9.17, 15) is 28.5 Å². The van der Waals surface area contributed by atoms with Gasteiger partial charge in [0.1, 0.15) is 23.4 Å². The topological polar surface area (TPSA) is 157 Å². The molecule has 2 aromatic carbocycles. The van der Waals surface area contributed by atoms with Crippen molar-refractivity contribution in [1.82, 2.24) is 21.3 Å². The number of Topliss-reactive ketones (excluding diaryl/α,β-unsaturated/α-hetero) is 1. The van der Waals surface area contributed by atoms with E-state index >= 15 is 0 Å². The van der Waals surface area contributed by atoms with Crippen LogP contribution in [0.4, 0.5) is 0 Å². The Hall–Kier alpha value is -3.06. The lowest BCUT2D eigenvalue weighted by atomic mass is 9.98. The Morgan fingerprint density at radius 3 is 2.17 bits per heavy atom. The lowest BCUT2D eigenvalue weighted by Gasteiger charge is -2.27. The Balaban J connectivity index is 1.70. The summed E-state index contributed by atoms with van der Waals surface area (Å²) < 4.78 is 12.0. The predicted molar refractivity (Wildman–Crippen MR) is 187 cm³/mol. The number of ketones is 1. The van der Waals surface area contributed by atoms with Crippen molar-refractivity contribution >= 4 is 62.0 Å². The van der Waals surface area contributed by atoms with Gasteiger partial charge in [0.25, 0.3) is 5.91 Å². The van der Waals surface area contributed by atoms with Crippen LogP contribution in [0.1, 0.15) is 64.0 Å². The molecule has 0 aliphatic carbocycles. The largest absolute Gasteiger partial charge is 0.605 e. The van der Waals surface area contributed by atoms with Crippen molar-refractivity contribution in [3.05, 3.63) is 70.7 Å². The molecule has 1 heterocycles. The highest BCUT2D eigenvalue weighted by molar-refractivity contribution is 8.72. The number of hydrogen-bond acceptors (Lipinski definition) is 7. The van der Waals surface area contributed by atoms with Crippen molar-refractivity contribution in [2.45, 2.75) is 89.1 Å². The molecule has 5 atom stereocenters. The number of unbranched alkanes of at least 4 members (excludes halogenated alkanes) is 1. The molecule has 1 saturated heterocycles. The quantitative estimate of drug-likeness (QED) is 0.0799. The van der Waals surface area contributed by atoms with Crippen LogP contribution in [0.2, 0.25) is 5.02 Å². The maximum atomic E-state index is 13.7. The van der Waals surface area contributed by atoms with E-state index in [0.717, 1.165) is 30.6 Å². The normalized spacial score (nSPS) is 17.7. The average molecular weight is 705 g/mol. The molecule has 256 valence electrons. The van der Waals surface area contributed by atoms with Gasteiger partial charge in [0.15, 0.2) is 0 Å². The van der Waals surface area contributed by atoms with Crippen molar-refractivity contribution in [3.63, 3.8) is 0 Å². The minimum Gasteiger partial charge on any atom is -0.605 e. The summed E-state index contributed by atoms with van der Waals surface area (Å²) in [4.78, 5) is 65.9. The van der Waals surface area contributed by atoms with Crippen LogP contribution in [0.5, 0.6) is 0 Å². The van der Waals surface area contributed by atoms with Gasteiger partial charge in [0.2, 0.25) is 23.5 Å². The maximum Gasteiger partial charge on any atom is 0.289 e. The van der Waals surface area contributed by atoms with Gasteiger partial charge in [0.05, 0.1) is 10.8 Å². The van der Waals surface area contributed by atoms with E-state index in [1.165, 1.54) is 10.8 Å². The molecule has 4 N–H and O–H groups in total. The minimum atomic E-state index is -1.19. The third kappa shape index (κ3) is 12.8. The molecule has 0 bridgehead atoms. The van der Waals surface area contributed by atoms with Crippen molar-refractivity contribution in [2.75, 3.05) is 12.3 Å². The molecule has 2 aromatic rings. The van der Waals surface area contributed by atoms with Crippen LogP contribution in [0, 0.1) is 5.92 Å². The Morgan fingerprint density at radius 2 is 1.55 bits per heavy atom. The molecule has 0 spiro atoms. The fraction of sp³-hybridized carbons (Fsp3) is 0.500. The highest BCUT2D eigenvalue weighted by atomic mass is 35.5. The smallest absolute Gasteiger partial charge is 0.289 e. The number of benzene rings is 2. The molecule has 1 fully saturated rings. The standard InChI is InChI=1S/C34H45ClN4O6S2/c1-4-36-34(44)31(41)27(20-24-14-16-25(35)17-15-24)38-33(43)30(22(2)3)39-32(42)28(21-23-10-6-5-7-11-23)37-29(40)13-9-8-12-26-18-19-46-47(26)45/h5-7,10-11,14-17,22,26-28,30H,4,8-9,12-13,18-21H2,1-3H3,(H,36,44)(H,37,40)(H,38,43)(H,39,42)/t26?,27-,28-,30-,47?/m0/s1. The summed E-state index contributed by atoms with van der Waals surface area (Å²) in [6, 6.07) is 12.8. The van der Waals surface area contributed by atoms with Gasteiger partial charge >= 0.3 is 0 Å². The first-order valence-electron chi connectivity index (χ1n) is 16.0. The summed E-state index contributed by atoms with van der Waals surface area (Å²) in [7, 11) is 0.619. The number of nitrogens with one attached hydrogen (secondary N) is 4. The second-order valence-electron chi connectivity index (χ2n) is 11.9. The van der Waals surface area contributed by atoms with Crippen LogP contribution >= 0.6 is 22.4 Å². The van der Waals surface area contributed by atoms with Gasteiger partial charge in [-0.25, -0.2) is 0 Å². The van der Waals surface area contributed by atoms with Crippen LogP contribution in [-0.2, 0) is 47.0 Å². The molecule has 10 nitrogen and oxygen atoms in total. The van der Waals surface area contributed by atoms with Crippen LogP contribution in [0.25, 0.3) is 0 Å². The molecular formula is C34H45ClN4O6S2. The first-order chi connectivity index (χ1) is 22.5. The van der Waals surface area contributed by atoms with E-state index in [2.05, 4.69) is 21.3 Å². The number of carbonyl (C=O) groups excluding carboxylic acids is 5. The van der Waals surface area contributed by atoms with E-state index in [1.807, 2.05) is 30.3 Å². The molecule has 1 aliphatic rings. The second-order valence-corrected chi connectivity index (χ2v) is 15.9. The van der Waals surface area contributed by atoms with E-state index < -0.39 is 51.8 Å². The molecule has 47 heavy (non-hydrogen) atoms. The number of carbonyl (C=O) groups is 5. The minimum absolute atomic E-state index is 0.0415. The summed E-state index contributed by atoms with van der Waals surface area (Å²) in [5, 5.41) is 11.5. The molecule has 3 rings (SSSR count). The summed E-state index contributed by atoms with van der Waals surface area (Å²) in [6.07, 6.45) is 3.56. The monoisotopic (exact) mass is 704 g/mol.